The summed E-state index contributed by atoms with van der Waals surface area (Å²) in [5.74, 6) is 0.394. The Labute approximate surface area is 119 Å². The number of nitrogens with zero attached hydrogens (tertiary/aromatic N) is 6. The van der Waals surface area contributed by atoms with E-state index in [0.717, 1.165) is 31.6 Å². The molecule has 1 aromatic carbocycles. The third-order valence-electron chi connectivity index (χ3n) is 3.80. The number of fused-ring (bicyclic) bond motifs is 3. The van der Waals surface area contributed by atoms with Gasteiger partial charge in [-0.25, -0.2) is 9.37 Å². The highest BCUT2D eigenvalue weighted by Gasteiger charge is 2.19. The first-order valence-corrected chi connectivity index (χ1v) is 6.87. The molecule has 3 heterocycles. The Bertz CT molecular complexity index is 822. The number of nitrogens with one attached hydrogen (secondary N) is 1. The fourth-order valence-corrected chi connectivity index (χ4v) is 2.66. The van der Waals surface area contributed by atoms with Gasteiger partial charge < -0.3 is 10.2 Å². The fraction of sp³-hybridized carbons (Fsp3) is 0.385. The van der Waals surface area contributed by atoms with Gasteiger partial charge in [0.2, 0.25) is 5.95 Å². The Morgan fingerprint density at radius 2 is 2.05 bits per heavy atom. The quantitative estimate of drug-likeness (QED) is 0.704. The summed E-state index contributed by atoms with van der Waals surface area (Å²) in [7, 11) is 0. The number of aromatic nitrogens is 5. The molecule has 1 aliphatic heterocycles. The minimum absolute atomic E-state index is 0.266. The van der Waals surface area contributed by atoms with E-state index in [0.29, 0.717) is 22.7 Å². The number of halogens is 1. The van der Waals surface area contributed by atoms with E-state index in [1.54, 1.807) is 17.5 Å². The molecule has 4 rings (SSSR count). The summed E-state index contributed by atoms with van der Waals surface area (Å²) in [6, 6.07) is 3.19. The first kappa shape index (κ1) is 12.4. The smallest absolute Gasteiger partial charge is 0.230 e. The van der Waals surface area contributed by atoms with Crippen LogP contribution in [0.5, 0.6) is 0 Å². The number of tetrazole rings is 1. The summed E-state index contributed by atoms with van der Waals surface area (Å²) in [4.78, 5) is 6.69. The van der Waals surface area contributed by atoms with E-state index in [1.807, 2.05) is 0 Å². The molecule has 108 valence electrons. The zero-order chi connectivity index (χ0) is 14.4. The molecule has 0 radical (unpaired) electrons. The summed E-state index contributed by atoms with van der Waals surface area (Å²) < 4.78 is 15.5. The van der Waals surface area contributed by atoms with Gasteiger partial charge in [-0.2, -0.15) is 4.52 Å². The lowest BCUT2D eigenvalue weighted by Gasteiger charge is -2.28. The second-order valence-corrected chi connectivity index (χ2v) is 5.18. The molecule has 2 aromatic heterocycles. The standard InChI is InChI=1S/C13H14FN7/c1-8-6-9-11(7-10(8)14)16-13(20-4-2-15-3-5-20)21-12(9)17-18-19-21/h6-7,15H,2-5H2,1H3. The van der Waals surface area contributed by atoms with Crippen LogP contribution in [0.25, 0.3) is 16.6 Å². The Kier molecular flexibility index (Phi) is 2.71. The largest absolute Gasteiger partial charge is 0.338 e. The maximum absolute atomic E-state index is 13.8. The Morgan fingerprint density at radius 1 is 1.24 bits per heavy atom. The maximum atomic E-state index is 13.8. The van der Waals surface area contributed by atoms with E-state index >= 15 is 0 Å². The predicted octanol–water partition coefficient (Wildman–Crippen LogP) is 0.530. The van der Waals surface area contributed by atoms with E-state index in [-0.39, 0.29) is 5.82 Å². The summed E-state index contributed by atoms with van der Waals surface area (Å²) >= 11 is 0. The van der Waals surface area contributed by atoms with E-state index in [4.69, 9.17) is 0 Å². The molecule has 0 spiro atoms. The Morgan fingerprint density at radius 3 is 2.86 bits per heavy atom. The molecule has 0 aliphatic carbocycles. The van der Waals surface area contributed by atoms with E-state index < -0.39 is 0 Å². The number of rotatable bonds is 1. The summed E-state index contributed by atoms with van der Waals surface area (Å²) in [6.45, 7) is 5.13. The highest BCUT2D eigenvalue weighted by Crippen LogP contribution is 2.24. The van der Waals surface area contributed by atoms with Gasteiger partial charge in [-0.05, 0) is 29.0 Å². The van der Waals surface area contributed by atoms with Gasteiger partial charge in [0.25, 0.3) is 0 Å². The van der Waals surface area contributed by atoms with Crippen molar-refractivity contribution in [3.05, 3.63) is 23.5 Å². The average molecular weight is 287 g/mol. The maximum Gasteiger partial charge on any atom is 0.230 e. The van der Waals surface area contributed by atoms with Crippen molar-refractivity contribution in [2.24, 2.45) is 0 Å². The topological polar surface area (TPSA) is 71.2 Å². The molecular formula is C13H14FN7. The average Bonchev–Trinajstić information content (AvgIpc) is 2.99. The Hall–Kier alpha value is -2.35. The zero-order valence-corrected chi connectivity index (χ0v) is 11.5. The molecule has 3 aromatic rings. The number of hydrogen-bond donors (Lipinski definition) is 1. The zero-order valence-electron chi connectivity index (χ0n) is 11.5. The summed E-state index contributed by atoms with van der Waals surface area (Å²) in [5.41, 5.74) is 1.75. The third kappa shape index (κ3) is 1.90. The normalized spacial score (nSPS) is 16.0. The second kappa shape index (κ2) is 4.59. The lowest BCUT2D eigenvalue weighted by molar-refractivity contribution is 0.573. The minimum Gasteiger partial charge on any atom is -0.338 e. The number of piperazine rings is 1. The first-order chi connectivity index (χ1) is 10.2. The van der Waals surface area contributed by atoms with Gasteiger partial charge in [0.05, 0.1) is 5.52 Å². The van der Waals surface area contributed by atoms with Crippen LogP contribution in [-0.2, 0) is 0 Å². The monoisotopic (exact) mass is 287 g/mol. The molecule has 1 N–H and O–H groups in total. The van der Waals surface area contributed by atoms with Crippen molar-refractivity contribution < 1.29 is 4.39 Å². The van der Waals surface area contributed by atoms with Crippen LogP contribution in [0.3, 0.4) is 0 Å². The van der Waals surface area contributed by atoms with Gasteiger partial charge in [0.15, 0.2) is 5.65 Å². The van der Waals surface area contributed by atoms with Crippen LogP contribution in [0.4, 0.5) is 10.3 Å². The van der Waals surface area contributed by atoms with Gasteiger partial charge in [0.1, 0.15) is 5.82 Å². The van der Waals surface area contributed by atoms with E-state index in [1.165, 1.54) is 6.07 Å². The van der Waals surface area contributed by atoms with Crippen molar-refractivity contribution in [1.29, 1.82) is 0 Å². The number of aryl methyl sites for hydroxylation is 1. The molecule has 0 bridgehead atoms. The molecule has 0 atom stereocenters. The number of benzene rings is 1. The Balaban J connectivity index is 2.00. The summed E-state index contributed by atoms with van der Waals surface area (Å²) in [6.07, 6.45) is 0. The number of anilines is 1. The SMILES string of the molecule is Cc1cc2c(cc1F)nc(N1CCNCC1)n1nnnc21. The third-order valence-corrected chi connectivity index (χ3v) is 3.80. The molecule has 8 heteroatoms. The van der Waals surface area contributed by atoms with Crippen LogP contribution >= 0.6 is 0 Å². The molecule has 1 fully saturated rings. The van der Waals surface area contributed by atoms with Crippen molar-refractivity contribution in [1.82, 2.24) is 30.3 Å². The molecule has 7 nitrogen and oxygen atoms in total. The van der Waals surface area contributed by atoms with Gasteiger partial charge in [-0.1, -0.05) is 0 Å². The van der Waals surface area contributed by atoms with Crippen molar-refractivity contribution in [2.75, 3.05) is 31.1 Å². The molecule has 0 saturated carbocycles. The van der Waals surface area contributed by atoms with Crippen LogP contribution in [0.1, 0.15) is 5.56 Å². The highest BCUT2D eigenvalue weighted by atomic mass is 19.1. The predicted molar refractivity (Wildman–Crippen MR) is 75.9 cm³/mol. The molecule has 21 heavy (non-hydrogen) atoms. The summed E-state index contributed by atoms with van der Waals surface area (Å²) in [5, 5.41) is 15.9. The van der Waals surface area contributed by atoms with E-state index in [2.05, 4.69) is 30.7 Å². The van der Waals surface area contributed by atoms with Crippen molar-refractivity contribution in [3.63, 3.8) is 0 Å². The lowest BCUT2D eigenvalue weighted by Crippen LogP contribution is -2.44. The molecule has 0 amide bonds. The van der Waals surface area contributed by atoms with Crippen LogP contribution in [-0.4, -0.2) is 51.2 Å². The van der Waals surface area contributed by atoms with E-state index in [9.17, 15) is 4.39 Å². The first-order valence-electron chi connectivity index (χ1n) is 6.87. The van der Waals surface area contributed by atoms with Crippen LogP contribution in [0, 0.1) is 12.7 Å². The van der Waals surface area contributed by atoms with Crippen LogP contribution in [0.2, 0.25) is 0 Å². The molecule has 1 saturated heterocycles. The molecule has 0 unspecified atom stereocenters. The fourth-order valence-electron chi connectivity index (χ4n) is 2.66. The number of hydrogen-bond acceptors (Lipinski definition) is 6. The van der Waals surface area contributed by atoms with Gasteiger partial charge in [0, 0.05) is 37.6 Å². The van der Waals surface area contributed by atoms with Crippen LogP contribution < -0.4 is 10.2 Å². The van der Waals surface area contributed by atoms with Gasteiger partial charge in [-0.3, -0.25) is 0 Å². The van der Waals surface area contributed by atoms with Gasteiger partial charge in [-0.15, -0.1) is 5.10 Å². The van der Waals surface area contributed by atoms with Crippen molar-refractivity contribution in [2.45, 2.75) is 6.92 Å². The van der Waals surface area contributed by atoms with Crippen LogP contribution in [0.15, 0.2) is 12.1 Å². The highest BCUT2D eigenvalue weighted by molar-refractivity contribution is 5.92. The molecule has 1 aliphatic rings. The van der Waals surface area contributed by atoms with Crippen molar-refractivity contribution >= 4 is 22.5 Å². The van der Waals surface area contributed by atoms with Crippen molar-refractivity contribution in [3.8, 4) is 0 Å². The second-order valence-electron chi connectivity index (χ2n) is 5.18. The minimum atomic E-state index is -0.266. The van der Waals surface area contributed by atoms with Gasteiger partial charge >= 0.3 is 0 Å². The molecular weight excluding hydrogens is 273 g/mol. The lowest BCUT2D eigenvalue weighted by atomic mass is 10.1.